The molecule has 1 atom stereocenters. The number of hydrogen-bond acceptors (Lipinski definition) is 4. The second kappa shape index (κ2) is 8.70. The number of amides is 1. The number of nitrogens with zero attached hydrogens (tertiary/aromatic N) is 2. The van der Waals surface area contributed by atoms with Crippen LogP contribution in [-0.4, -0.2) is 62.7 Å². The van der Waals surface area contributed by atoms with Crippen molar-refractivity contribution in [3.05, 3.63) is 29.3 Å². The molecule has 2 N–H and O–H groups in total. The standard InChI is InChI=1S/C18H27ClN4O/c19-15-3-1-5-17(13-15)23-11-9-22(10-12-23)8-7-21-18(24)14-16-4-2-6-20-16/h1,3,5,13,16,20H,2,4,6-12,14H2,(H,21,24). The summed E-state index contributed by atoms with van der Waals surface area (Å²) < 4.78 is 0. The highest BCUT2D eigenvalue weighted by Gasteiger charge is 2.19. The molecule has 1 unspecified atom stereocenters. The largest absolute Gasteiger partial charge is 0.369 e. The fraction of sp³-hybridized carbons (Fsp3) is 0.611. The van der Waals surface area contributed by atoms with Gasteiger partial charge in [0.2, 0.25) is 5.91 Å². The van der Waals surface area contributed by atoms with Gasteiger partial charge in [-0.3, -0.25) is 9.69 Å². The molecule has 0 bridgehead atoms. The summed E-state index contributed by atoms with van der Waals surface area (Å²) >= 11 is 6.07. The average Bonchev–Trinajstić information content (AvgIpc) is 3.08. The Kier molecular flexibility index (Phi) is 6.35. The summed E-state index contributed by atoms with van der Waals surface area (Å²) in [6, 6.07) is 8.42. The van der Waals surface area contributed by atoms with Gasteiger partial charge in [0.05, 0.1) is 0 Å². The number of hydrogen-bond donors (Lipinski definition) is 2. The third-order valence-electron chi connectivity index (χ3n) is 4.89. The van der Waals surface area contributed by atoms with E-state index in [1.165, 1.54) is 12.1 Å². The molecule has 132 valence electrons. The van der Waals surface area contributed by atoms with Crippen LogP contribution in [0.5, 0.6) is 0 Å². The third-order valence-corrected chi connectivity index (χ3v) is 5.13. The zero-order valence-corrected chi connectivity index (χ0v) is 14.9. The Morgan fingerprint density at radius 3 is 2.83 bits per heavy atom. The lowest BCUT2D eigenvalue weighted by Gasteiger charge is -2.36. The van der Waals surface area contributed by atoms with E-state index in [1.807, 2.05) is 18.2 Å². The first-order chi connectivity index (χ1) is 11.7. The van der Waals surface area contributed by atoms with Gasteiger partial charge in [-0.25, -0.2) is 0 Å². The fourth-order valence-electron chi connectivity index (χ4n) is 3.48. The molecule has 0 aromatic heterocycles. The number of nitrogens with one attached hydrogen (secondary N) is 2. The molecule has 2 saturated heterocycles. The van der Waals surface area contributed by atoms with Gasteiger partial charge in [0.15, 0.2) is 0 Å². The van der Waals surface area contributed by atoms with Gasteiger partial charge >= 0.3 is 0 Å². The van der Waals surface area contributed by atoms with Crippen molar-refractivity contribution in [2.45, 2.75) is 25.3 Å². The SMILES string of the molecule is O=C(CC1CCCN1)NCCN1CCN(c2cccc(Cl)c2)CC1. The zero-order valence-electron chi connectivity index (χ0n) is 14.1. The average molecular weight is 351 g/mol. The lowest BCUT2D eigenvalue weighted by atomic mass is 10.1. The summed E-state index contributed by atoms with van der Waals surface area (Å²) in [5, 5.41) is 7.21. The summed E-state index contributed by atoms with van der Waals surface area (Å²) in [4.78, 5) is 16.7. The van der Waals surface area contributed by atoms with Gasteiger partial charge in [-0.2, -0.15) is 0 Å². The van der Waals surface area contributed by atoms with Gasteiger partial charge in [0.25, 0.3) is 0 Å². The van der Waals surface area contributed by atoms with Gasteiger partial charge in [-0.1, -0.05) is 17.7 Å². The molecule has 1 aromatic rings. The predicted octanol–water partition coefficient (Wildman–Crippen LogP) is 1.72. The molecule has 2 aliphatic heterocycles. The summed E-state index contributed by atoms with van der Waals surface area (Å²) in [5.41, 5.74) is 1.19. The van der Waals surface area contributed by atoms with Crippen molar-refractivity contribution in [3.8, 4) is 0 Å². The summed E-state index contributed by atoms with van der Waals surface area (Å²) in [6.07, 6.45) is 2.93. The fourth-order valence-corrected chi connectivity index (χ4v) is 3.67. The maximum Gasteiger partial charge on any atom is 0.221 e. The zero-order chi connectivity index (χ0) is 16.8. The van der Waals surface area contributed by atoms with E-state index in [0.29, 0.717) is 12.5 Å². The second-order valence-electron chi connectivity index (χ2n) is 6.66. The summed E-state index contributed by atoms with van der Waals surface area (Å²) in [5.74, 6) is 0.173. The molecule has 24 heavy (non-hydrogen) atoms. The van der Waals surface area contributed by atoms with Crippen LogP contribution in [0.4, 0.5) is 5.69 Å². The Labute approximate surface area is 149 Å². The van der Waals surface area contributed by atoms with Crippen molar-refractivity contribution in [2.75, 3.05) is 50.7 Å². The van der Waals surface area contributed by atoms with Crippen molar-refractivity contribution in [1.82, 2.24) is 15.5 Å². The van der Waals surface area contributed by atoms with Crippen LogP contribution in [0.2, 0.25) is 5.02 Å². The first-order valence-electron chi connectivity index (χ1n) is 8.94. The van der Waals surface area contributed by atoms with E-state index in [0.717, 1.165) is 57.3 Å². The van der Waals surface area contributed by atoms with Gasteiger partial charge < -0.3 is 15.5 Å². The molecule has 2 aliphatic rings. The van der Waals surface area contributed by atoms with Crippen molar-refractivity contribution in [1.29, 1.82) is 0 Å². The molecule has 0 aliphatic carbocycles. The van der Waals surface area contributed by atoms with Crippen LogP contribution in [0.25, 0.3) is 0 Å². The van der Waals surface area contributed by atoms with Crippen LogP contribution < -0.4 is 15.5 Å². The lowest BCUT2D eigenvalue weighted by Crippen LogP contribution is -2.48. The minimum atomic E-state index is 0.173. The highest BCUT2D eigenvalue weighted by atomic mass is 35.5. The van der Waals surface area contributed by atoms with E-state index in [1.54, 1.807) is 0 Å². The highest BCUT2D eigenvalue weighted by Crippen LogP contribution is 2.20. The molecule has 3 rings (SSSR count). The monoisotopic (exact) mass is 350 g/mol. The summed E-state index contributed by atoms with van der Waals surface area (Å²) in [6.45, 7) is 6.75. The quantitative estimate of drug-likeness (QED) is 0.820. The van der Waals surface area contributed by atoms with Crippen LogP contribution in [0.1, 0.15) is 19.3 Å². The van der Waals surface area contributed by atoms with Crippen molar-refractivity contribution in [3.63, 3.8) is 0 Å². The molecule has 0 saturated carbocycles. The lowest BCUT2D eigenvalue weighted by molar-refractivity contribution is -0.121. The van der Waals surface area contributed by atoms with E-state index in [2.05, 4.69) is 26.5 Å². The van der Waals surface area contributed by atoms with Crippen molar-refractivity contribution < 1.29 is 4.79 Å². The smallest absolute Gasteiger partial charge is 0.221 e. The van der Waals surface area contributed by atoms with Gasteiger partial charge in [-0.05, 0) is 37.6 Å². The third kappa shape index (κ3) is 5.10. The van der Waals surface area contributed by atoms with Crippen LogP contribution in [-0.2, 0) is 4.79 Å². The predicted molar refractivity (Wildman–Crippen MR) is 98.8 cm³/mol. The first kappa shape index (κ1) is 17.5. The molecule has 2 fully saturated rings. The Hall–Kier alpha value is -1.30. The molecule has 1 aromatic carbocycles. The Bertz CT molecular complexity index is 540. The van der Waals surface area contributed by atoms with E-state index >= 15 is 0 Å². The Morgan fingerprint density at radius 2 is 2.12 bits per heavy atom. The molecule has 0 radical (unpaired) electrons. The van der Waals surface area contributed by atoms with Crippen LogP contribution in [0.15, 0.2) is 24.3 Å². The highest BCUT2D eigenvalue weighted by molar-refractivity contribution is 6.30. The number of piperazine rings is 1. The number of carbonyl (C=O) groups is 1. The molecule has 6 heteroatoms. The number of halogens is 1. The topological polar surface area (TPSA) is 47.6 Å². The number of carbonyl (C=O) groups excluding carboxylic acids is 1. The number of benzene rings is 1. The Balaban J connectivity index is 1.33. The van der Waals surface area contributed by atoms with E-state index in [4.69, 9.17) is 11.6 Å². The number of anilines is 1. The van der Waals surface area contributed by atoms with Crippen LogP contribution in [0, 0.1) is 0 Å². The van der Waals surface area contributed by atoms with E-state index in [-0.39, 0.29) is 5.91 Å². The normalized spacial score (nSPS) is 21.9. The minimum absolute atomic E-state index is 0.173. The van der Waals surface area contributed by atoms with Gasteiger partial charge in [0, 0.05) is 62.4 Å². The van der Waals surface area contributed by atoms with E-state index in [9.17, 15) is 4.79 Å². The van der Waals surface area contributed by atoms with Crippen LogP contribution in [0.3, 0.4) is 0 Å². The van der Waals surface area contributed by atoms with Crippen molar-refractivity contribution in [2.24, 2.45) is 0 Å². The first-order valence-corrected chi connectivity index (χ1v) is 9.31. The van der Waals surface area contributed by atoms with E-state index < -0.39 is 0 Å². The number of rotatable bonds is 6. The van der Waals surface area contributed by atoms with Crippen LogP contribution >= 0.6 is 11.6 Å². The summed E-state index contributed by atoms with van der Waals surface area (Å²) in [7, 11) is 0. The molecular formula is C18H27ClN4O. The Morgan fingerprint density at radius 1 is 1.29 bits per heavy atom. The minimum Gasteiger partial charge on any atom is -0.369 e. The maximum absolute atomic E-state index is 11.9. The molecule has 0 spiro atoms. The molecule has 1 amide bonds. The molecule has 5 nitrogen and oxygen atoms in total. The molecular weight excluding hydrogens is 324 g/mol. The van der Waals surface area contributed by atoms with Gasteiger partial charge in [-0.15, -0.1) is 0 Å². The second-order valence-corrected chi connectivity index (χ2v) is 7.09. The van der Waals surface area contributed by atoms with Gasteiger partial charge in [0.1, 0.15) is 0 Å². The van der Waals surface area contributed by atoms with Crippen molar-refractivity contribution >= 4 is 23.2 Å². The molecule has 2 heterocycles. The maximum atomic E-state index is 11.9.